The van der Waals surface area contributed by atoms with E-state index in [9.17, 15) is 4.79 Å². The van der Waals surface area contributed by atoms with Gasteiger partial charge in [-0.05, 0) is 6.92 Å². The average Bonchev–Trinajstić information content (AvgIpc) is 2.36. The molecule has 0 bridgehead atoms. The quantitative estimate of drug-likeness (QED) is 0.585. The third kappa shape index (κ3) is 4.43. The Hall–Kier alpha value is -1.57. The summed E-state index contributed by atoms with van der Waals surface area (Å²) in [6.45, 7) is 2.30. The Bertz CT molecular complexity index is 389. The van der Waals surface area contributed by atoms with Gasteiger partial charge in [-0.15, -0.1) is 0 Å². The summed E-state index contributed by atoms with van der Waals surface area (Å²) in [5.74, 6) is 0.213. The number of esters is 1. The maximum atomic E-state index is 11.0. The third-order valence-corrected chi connectivity index (χ3v) is 2.46. The van der Waals surface area contributed by atoms with Crippen LogP contribution in [0.15, 0.2) is 5.16 Å². The van der Waals surface area contributed by atoms with Crippen molar-refractivity contribution in [1.82, 2.24) is 15.0 Å². The zero-order chi connectivity index (χ0) is 12.7. The Labute approximate surface area is 103 Å². The predicted molar refractivity (Wildman–Crippen MR) is 63.3 cm³/mol. The van der Waals surface area contributed by atoms with Crippen molar-refractivity contribution in [3.8, 4) is 6.01 Å². The lowest BCUT2D eigenvalue weighted by Crippen LogP contribution is -2.07. The molecule has 7 nitrogen and oxygen atoms in total. The van der Waals surface area contributed by atoms with Crippen LogP contribution < -0.4 is 10.1 Å². The first-order valence-corrected chi connectivity index (χ1v) is 5.94. The number of aromatic nitrogens is 3. The molecule has 0 amide bonds. The summed E-state index contributed by atoms with van der Waals surface area (Å²) in [5, 5.41) is 3.21. The number of thioether (sulfide) groups is 1. The van der Waals surface area contributed by atoms with Crippen molar-refractivity contribution in [3.05, 3.63) is 0 Å². The SMILES string of the molecule is CCOc1nc(NC)nc(SCC(=O)OC)n1. The summed E-state index contributed by atoms with van der Waals surface area (Å²) < 4.78 is 9.72. The van der Waals surface area contributed by atoms with E-state index in [0.29, 0.717) is 17.7 Å². The van der Waals surface area contributed by atoms with E-state index in [-0.39, 0.29) is 17.7 Å². The van der Waals surface area contributed by atoms with Crippen LogP contribution in [-0.4, -0.2) is 47.4 Å². The number of anilines is 1. The summed E-state index contributed by atoms with van der Waals surface area (Å²) in [6, 6.07) is 0.235. The molecule has 0 aromatic carbocycles. The Morgan fingerprint density at radius 1 is 1.41 bits per heavy atom. The molecule has 17 heavy (non-hydrogen) atoms. The number of nitrogens with zero attached hydrogens (tertiary/aromatic N) is 3. The first-order valence-electron chi connectivity index (χ1n) is 4.95. The first kappa shape index (κ1) is 13.5. The van der Waals surface area contributed by atoms with E-state index >= 15 is 0 Å². The molecule has 1 heterocycles. The smallest absolute Gasteiger partial charge is 0.322 e. The van der Waals surface area contributed by atoms with Crippen molar-refractivity contribution in [1.29, 1.82) is 0 Å². The summed E-state index contributed by atoms with van der Waals surface area (Å²) in [7, 11) is 3.03. The molecule has 0 aliphatic carbocycles. The Balaban J connectivity index is 2.75. The van der Waals surface area contributed by atoms with Gasteiger partial charge in [0.1, 0.15) is 0 Å². The summed E-state index contributed by atoms with van der Waals surface area (Å²) in [4.78, 5) is 23.1. The molecule has 0 aliphatic rings. The third-order valence-electron chi connectivity index (χ3n) is 1.64. The van der Waals surface area contributed by atoms with Crippen molar-refractivity contribution in [2.45, 2.75) is 12.1 Å². The monoisotopic (exact) mass is 258 g/mol. The van der Waals surface area contributed by atoms with E-state index in [0.717, 1.165) is 0 Å². The van der Waals surface area contributed by atoms with Gasteiger partial charge in [-0.25, -0.2) is 0 Å². The van der Waals surface area contributed by atoms with Crippen molar-refractivity contribution in [2.75, 3.05) is 31.8 Å². The van der Waals surface area contributed by atoms with Crippen molar-refractivity contribution in [3.63, 3.8) is 0 Å². The number of hydrogen-bond acceptors (Lipinski definition) is 8. The standard InChI is InChI=1S/C9H14N4O3S/c1-4-16-8-11-7(10-2)12-9(13-8)17-5-6(14)15-3/h4-5H2,1-3H3,(H,10,11,12,13). The number of methoxy groups -OCH3 is 1. The fraction of sp³-hybridized carbons (Fsp3) is 0.556. The topological polar surface area (TPSA) is 86.2 Å². The van der Waals surface area contributed by atoms with Gasteiger partial charge in [0.05, 0.1) is 19.5 Å². The molecule has 0 saturated carbocycles. The minimum Gasteiger partial charge on any atom is -0.468 e. The molecule has 8 heteroatoms. The van der Waals surface area contributed by atoms with Gasteiger partial charge in [-0.2, -0.15) is 15.0 Å². The number of carbonyl (C=O) groups is 1. The molecule has 0 saturated heterocycles. The summed E-state index contributed by atoms with van der Waals surface area (Å²) in [6.07, 6.45) is 0. The minimum atomic E-state index is -0.334. The van der Waals surface area contributed by atoms with E-state index in [1.807, 2.05) is 6.92 Å². The Morgan fingerprint density at radius 3 is 2.76 bits per heavy atom. The van der Waals surface area contributed by atoms with Crippen molar-refractivity contribution in [2.24, 2.45) is 0 Å². The van der Waals surface area contributed by atoms with Crippen LogP contribution in [0.25, 0.3) is 0 Å². The van der Waals surface area contributed by atoms with Crippen LogP contribution >= 0.6 is 11.8 Å². The first-order chi connectivity index (χ1) is 8.19. The van der Waals surface area contributed by atoms with E-state index in [1.165, 1.54) is 18.9 Å². The molecular weight excluding hydrogens is 244 g/mol. The Morgan fingerprint density at radius 2 is 2.18 bits per heavy atom. The van der Waals surface area contributed by atoms with Crippen LogP contribution in [0.4, 0.5) is 5.95 Å². The van der Waals surface area contributed by atoms with Gasteiger partial charge in [0, 0.05) is 7.05 Å². The van der Waals surface area contributed by atoms with Crippen LogP contribution in [0.5, 0.6) is 6.01 Å². The maximum Gasteiger partial charge on any atom is 0.322 e. The predicted octanol–water partition coefficient (Wildman–Crippen LogP) is 0.577. The van der Waals surface area contributed by atoms with Gasteiger partial charge in [0.15, 0.2) is 5.16 Å². The normalized spacial score (nSPS) is 9.82. The summed E-state index contributed by atoms with van der Waals surface area (Å²) >= 11 is 1.17. The van der Waals surface area contributed by atoms with E-state index in [4.69, 9.17) is 4.74 Å². The fourth-order valence-corrected chi connectivity index (χ4v) is 1.55. The highest BCUT2D eigenvalue weighted by Gasteiger charge is 2.09. The van der Waals surface area contributed by atoms with Crippen molar-refractivity contribution < 1.29 is 14.3 Å². The lowest BCUT2D eigenvalue weighted by Gasteiger charge is -2.05. The molecule has 94 valence electrons. The van der Waals surface area contributed by atoms with Gasteiger partial charge in [0.25, 0.3) is 0 Å². The van der Waals surface area contributed by atoms with Crippen LogP contribution in [0.2, 0.25) is 0 Å². The molecule has 0 radical (unpaired) electrons. The van der Waals surface area contributed by atoms with Gasteiger partial charge >= 0.3 is 12.0 Å². The minimum absolute atomic E-state index is 0.148. The number of carbonyl (C=O) groups excluding carboxylic acids is 1. The molecule has 0 unspecified atom stereocenters. The van der Waals surface area contributed by atoms with E-state index in [2.05, 4.69) is 25.0 Å². The Kier molecular flexibility index (Phi) is 5.47. The highest BCUT2D eigenvalue weighted by molar-refractivity contribution is 7.99. The van der Waals surface area contributed by atoms with Crippen LogP contribution in [0.1, 0.15) is 6.92 Å². The molecular formula is C9H14N4O3S. The molecule has 0 spiro atoms. The largest absolute Gasteiger partial charge is 0.468 e. The number of rotatable bonds is 6. The second-order valence-corrected chi connectivity index (χ2v) is 3.71. The van der Waals surface area contributed by atoms with E-state index in [1.54, 1.807) is 7.05 Å². The number of nitrogens with one attached hydrogen (secondary N) is 1. The van der Waals surface area contributed by atoms with Gasteiger partial charge in [-0.1, -0.05) is 11.8 Å². The van der Waals surface area contributed by atoms with Gasteiger partial charge in [0.2, 0.25) is 5.95 Å². The number of ether oxygens (including phenoxy) is 2. The number of hydrogen-bond donors (Lipinski definition) is 1. The molecule has 1 N–H and O–H groups in total. The molecule has 1 aromatic rings. The molecule has 0 atom stereocenters. The molecule has 1 aromatic heterocycles. The van der Waals surface area contributed by atoms with Gasteiger partial charge < -0.3 is 14.8 Å². The zero-order valence-corrected chi connectivity index (χ0v) is 10.7. The average molecular weight is 258 g/mol. The second-order valence-electron chi connectivity index (χ2n) is 2.77. The molecule has 0 aliphatic heterocycles. The highest BCUT2D eigenvalue weighted by Crippen LogP contribution is 2.17. The second kappa shape index (κ2) is 6.89. The molecule has 0 fully saturated rings. The van der Waals surface area contributed by atoms with E-state index < -0.39 is 0 Å². The summed E-state index contributed by atoms with van der Waals surface area (Å²) in [5.41, 5.74) is 0. The van der Waals surface area contributed by atoms with Crippen molar-refractivity contribution >= 4 is 23.7 Å². The fourth-order valence-electron chi connectivity index (χ4n) is 0.890. The lowest BCUT2D eigenvalue weighted by atomic mass is 10.8. The maximum absolute atomic E-state index is 11.0. The van der Waals surface area contributed by atoms with Crippen LogP contribution in [0.3, 0.4) is 0 Å². The zero-order valence-electron chi connectivity index (χ0n) is 9.89. The highest BCUT2D eigenvalue weighted by atomic mass is 32.2. The molecule has 1 rings (SSSR count). The lowest BCUT2D eigenvalue weighted by molar-refractivity contribution is -0.137. The van der Waals surface area contributed by atoms with Gasteiger partial charge in [-0.3, -0.25) is 4.79 Å². The van der Waals surface area contributed by atoms with Crippen LogP contribution in [0, 0.1) is 0 Å². The van der Waals surface area contributed by atoms with Crippen LogP contribution in [-0.2, 0) is 9.53 Å².